The molecule has 0 aromatic rings. The summed E-state index contributed by atoms with van der Waals surface area (Å²) in [6.07, 6.45) is 0. The van der Waals surface area contributed by atoms with Crippen molar-refractivity contribution in [2.75, 3.05) is 7.05 Å². The van der Waals surface area contributed by atoms with Crippen LogP contribution in [0, 0.1) is 0 Å². The summed E-state index contributed by atoms with van der Waals surface area (Å²) in [5, 5.41) is 3.81. The summed E-state index contributed by atoms with van der Waals surface area (Å²) >= 11 is 0. The number of oxime groups is 1. The second kappa shape index (κ2) is 1.62. The Bertz CT molecular complexity index is 151. The van der Waals surface area contributed by atoms with Gasteiger partial charge in [-0.25, -0.2) is 0 Å². The fourth-order valence-electron chi connectivity index (χ4n) is 0.690. The van der Waals surface area contributed by atoms with Gasteiger partial charge in [-0.05, 0) is 20.8 Å². The fourth-order valence-corrected chi connectivity index (χ4v) is 0.690. The first-order valence-electron chi connectivity index (χ1n) is 3.00. The lowest BCUT2D eigenvalue weighted by Crippen LogP contribution is -2.39. The minimum Gasteiger partial charge on any atom is -0.366 e. The number of amidine groups is 1. The molecule has 0 fully saturated rings. The number of hydrogen-bond acceptors (Lipinski definition) is 3. The topological polar surface area (TPSA) is 24.8 Å². The standard InChI is InChI=1S/C6H12N2O/c1-5-7-9-6(2,3)8(5)4/h1-4H3. The van der Waals surface area contributed by atoms with Crippen molar-refractivity contribution in [1.29, 1.82) is 0 Å². The Kier molecular flexibility index (Phi) is 1.15. The summed E-state index contributed by atoms with van der Waals surface area (Å²) in [7, 11) is 1.96. The highest BCUT2D eigenvalue weighted by Crippen LogP contribution is 2.20. The Morgan fingerprint density at radius 1 is 1.56 bits per heavy atom. The van der Waals surface area contributed by atoms with Gasteiger partial charge in [0.1, 0.15) is 5.84 Å². The third kappa shape index (κ3) is 0.866. The molecule has 9 heavy (non-hydrogen) atoms. The highest BCUT2D eigenvalue weighted by atomic mass is 16.7. The van der Waals surface area contributed by atoms with Crippen LogP contribution in [0.25, 0.3) is 0 Å². The molecule has 0 saturated carbocycles. The average Bonchev–Trinajstić information content (AvgIpc) is 1.97. The second-order valence-corrected chi connectivity index (χ2v) is 2.74. The highest BCUT2D eigenvalue weighted by molar-refractivity contribution is 5.80. The Hall–Kier alpha value is -0.730. The van der Waals surface area contributed by atoms with Gasteiger partial charge in [-0.2, -0.15) is 0 Å². The zero-order chi connectivity index (χ0) is 7.07. The Labute approximate surface area is 55.3 Å². The van der Waals surface area contributed by atoms with Crippen LogP contribution in [0.4, 0.5) is 0 Å². The molecule has 1 aliphatic heterocycles. The van der Waals surface area contributed by atoms with Crippen LogP contribution in [-0.2, 0) is 4.84 Å². The predicted molar refractivity (Wildman–Crippen MR) is 36.0 cm³/mol. The quantitative estimate of drug-likeness (QED) is 0.486. The molecule has 0 aromatic heterocycles. The lowest BCUT2D eigenvalue weighted by atomic mass is 10.3. The first-order chi connectivity index (χ1) is 4.04. The monoisotopic (exact) mass is 128 g/mol. The normalized spacial score (nSPS) is 23.6. The Balaban J connectivity index is 2.73. The molecule has 0 spiro atoms. The summed E-state index contributed by atoms with van der Waals surface area (Å²) < 4.78 is 0. The molecule has 0 saturated heterocycles. The van der Waals surface area contributed by atoms with Crippen LogP contribution < -0.4 is 0 Å². The van der Waals surface area contributed by atoms with E-state index < -0.39 is 0 Å². The van der Waals surface area contributed by atoms with E-state index in [1.165, 1.54) is 0 Å². The molecule has 1 aliphatic rings. The fraction of sp³-hybridized carbons (Fsp3) is 0.833. The van der Waals surface area contributed by atoms with Crippen molar-refractivity contribution in [2.24, 2.45) is 5.16 Å². The van der Waals surface area contributed by atoms with Gasteiger partial charge in [0, 0.05) is 7.05 Å². The molecule has 0 aromatic carbocycles. The van der Waals surface area contributed by atoms with Gasteiger partial charge in [0.2, 0.25) is 5.72 Å². The van der Waals surface area contributed by atoms with Crippen molar-refractivity contribution in [3.8, 4) is 0 Å². The van der Waals surface area contributed by atoms with E-state index in [0.29, 0.717) is 0 Å². The van der Waals surface area contributed by atoms with Crippen LogP contribution in [0.3, 0.4) is 0 Å². The van der Waals surface area contributed by atoms with E-state index in [4.69, 9.17) is 4.84 Å². The van der Waals surface area contributed by atoms with Crippen molar-refractivity contribution in [3.05, 3.63) is 0 Å². The van der Waals surface area contributed by atoms with E-state index >= 15 is 0 Å². The van der Waals surface area contributed by atoms with Crippen molar-refractivity contribution < 1.29 is 4.84 Å². The van der Waals surface area contributed by atoms with Crippen molar-refractivity contribution >= 4 is 5.84 Å². The van der Waals surface area contributed by atoms with E-state index in [1.807, 2.05) is 32.7 Å². The molecule has 1 rings (SSSR count). The van der Waals surface area contributed by atoms with Gasteiger partial charge in [0.05, 0.1) is 0 Å². The molecule has 0 radical (unpaired) electrons. The van der Waals surface area contributed by atoms with E-state index in [0.717, 1.165) is 5.84 Å². The first-order valence-corrected chi connectivity index (χ1v) is 3.00. The maximum absolute atomic E-state index is 5.08. The van der Waals surface area contributed by atoms with Crippen molar-refractivity contribution in [1.82, 2.24) is 4.90 Å². The van der Waals surface area contributed by atoms with Crippen LogP contribution in [0.5, 0.6) is 0 Å². The number of nitrogens with zero attached hydrogens (tertiary/aromatic N) is 2. The van der Waals surface area contributed by atoms with Crippen LogP contribution in [0.2, 0.25) is 0 Å². The summed E-state index contributed by atoms with van der Waals surface area (Å²) in [4.78, 5) is 7.07. The SMILES string of the molecule is CC1=NOC(C)(C)N1C. The van der Waals surface area contributed by atoms with Crippen molar-refractivity contribution in [3.63, 3.8) is 0 Å². The molecule has 52 valence electrons. The molecule has 0 bridgehead atoms. The third-order valence-corrected chi connectivity index (χ3v) is 1.69. The zero-order valence-corrected chi connectivity index (χ0v) is 6.30. The van der Waals surface area contributed by atoms with E-state index in [1.54, 1.807) is 0 Å². The van der Waals surface area contributed by atoms with E-state index in [9.17, 15) is 0 Å². The molecule has 0 unspecified atom stereocenters. The van der Waals surface area contributed by atoms with Gasteiger partial charge in [-0.1, -0.05) is 5.16 Å². The highest BCUT2D eigenvalue weighted by Gasteiger charge is 2.31. The maximum Gasteiger partial charge on any atom is 0.205 e. The molecular weight excluding hydrogens is 116 g/mol. The van der Waals surface area contributed by atoms with Gasteiger partial charge in [-0.3, -0.25) is 0 Å². The van der Waals surface area contributed by atoms with Crippen LogP contribution >= 0.6 is 0 Å². The molecule has 0 amide bonds. The average molecular weight is 128 g/mol. The Morgan fingerprint density at radius 3 is 2.22 bits per heavy atom. The summed E-state index contributed by atoms with van der Waals surface area (Å²) in [5.74, 6) is 0.931. The van der Waals surface area contributed by atoms with Gasteiger partial charge >= 0.3 is 0 Å². The molecule has 0 aliphatic carbocycles. The smallest absolute Gasteiger partial charge is 0.205 e. The lowest BCUT2D eigenvalue weighted by Gasteiger charge is -2.25. The maximum atomic E-state index is 5.08. The molecule has 3 nitrogen and oxygen atoms in total. The molecule has 0 atom stereocenters. The molecular formula is C6H12N2O. The van der Waals surface area contributed by atoms with E-state index in [2.05, 4.69) is 5.16 Å². The zero-order valence-electron chi connectivity index (χ0n) is 6.30. The third-order valence-electron chi connectivity index (χ3n) is 1.69. The molecule has 1 heterocycles. The lowest BCUT2D eigenvalue weighted by molar-refractivity contribution is -0.0593. The van der Waals surface area contributed by atoms with E-state index in [-0.39, 0.29) is 5.72 Å². The summed E-state index contributed by atoms with van der Waals surface area (Å²) in [6.45, 7) is 5.88. The van der Waals surface area contributed by atoms with Crippen LogP contribution in [-0.4, -0.2) is 23.5 Å². The van der Waals surface area contributed by atoms with Gasteiger partial charge in [0.15, 0.2) is 0 Å². The summed E-state index contributed by atoms with van der Waals surface area (Å²) in [6, 6.07) is 0. The van der Waals surface area contributed by atoms with Gasteiger partial charge in [0.25, 0.3) is 0 Å². The number of hydrogen-bond donors (Lipinski definition) is 0. The van der Waals surface area contributed by atoms with Crippen molar-refractivity contribution in [2.45, 2.75) is 26.5 Å². The minimum atomic E-state index is -0.246. The van der Waals surface area contributed by atoms with Crippen LogP contribution in [0.15, 0.2) is 5.16 Å². The summed E-state index contributed by atoms with van der Waals surface area (Å²) in [5.41, 5.74) is -0.246. The molecule has 3 heteroatoms. The van der Waals surface area contributed by atoms with Gasteiger partial charge < -0.3 is 9.74 Å². The number of rotatable bonds is 0. The molecule has 0 N–H and O–H groups in total. The minimum absolute atomic E-state index is 0.246. The Morgan fingerprint density at radius 2 is 2.11 bits per heavy atom. The second-order valence-electron chi connectivity index (χ2n) is 2.74. The first kappa shape index (κ1) is 6.39. The van der Waals surface area contributed by atoms with Gasteiger partial charge in [-0.15, -0.1) is 0 Å². The van der Waals surface area contributed by atoms with Crippen LogP contribution in [0.1, 0.15) is 20.8 Å². The predicted octanol–water partition coefficient (Wildman–Crippen LogP) is 1.02. The largest absolute Gasteiger partial charge is 0.366 e.